The van der Waals surface area contributed by atoms with Crippen LogP contribution in [0.5, 0.6) is 0 Å². The van der Waals surface area contributed by atoms with Crippen molar-refractivity contribution in [2.45, 2.75) is 13.5 Å². The molecule has 0 saturated carbocycles. The average molecular weight is 297 g/mol. The van der Waals surface area contributed by atoms with Crippen LogP contribution >= 0.6 is 11.3 Å². The average Bonchev–Trinajstić information content (AvgIpc) is 2.98. The molecule has 0 radical (unpaired) electrons. The predicted octanol–water partition coefficient (Wildman–Crippen LogP) is 5.47. The van der Waals surface area contributed by atoms with Gasteiger partial charge in [0.15, 0.2) is 0 Å². The van der Waals surface area contributed by atoms with Crippen molar-refractivity contribution in [3.63, 3.8) is 0 Å². The van der Waals surface area contributed by atoms with Crippen LogP contribution in [0.15, 0.2) is 60.0 Å². The topological polar surface area (TPSA) is 12.0 Å². The summed E-state index contributed by atoms with van der Waals surface area (Å²) in [6, 6.07) is 17.7. The molecule has 3 aromatic rings. The number of halogens is 1. The monoisotopic (exact) mass is 297 g/mol. The van der Waals surface area contributed by atoms with Crippen LogP contribution in [-0.4, -0.2) is 0 Å². The van der Waals surface area contributed by atoms with E-state index in [-0.39, 0.29) is 5.82 Å². The Labute approximate surface area is 128 Å². The van der Waals surface area contributed by atoms with Gasteiger partial charge < -0.3 is 5.32 Å². The Morgan fingerprint density at radius 1 is 1.00 bits per heavy atom. The highest BCUT2D eigenvalue weighted by atomic mass is 32.1. The molecule has 0 unspecified atom stereocenters. The summed E-state index contributed by atoms with van der Waals surface area (Å²) in [7, 11) is 0. The first kappa shape index (κ1) is 13.8. The number of hydrogen-bond acceptors (Lipinski definition) is 2. The first-order valence-corrected chi connectivity index (χ1v) is 7.73. The third-order valence-corrected chi connectivity index (χ3v) is 4.32. The summed E-state index contributed by atoms with van der Waals surface area (Å²) in [6.45, 7) is 2.53. The highest BCUT2D eigenvalue weighted by Crippen LogP contribution is 2.26. The van der Waals surface area contributed by atoms with Gasteiger partial charge in [-0.1, -0.05) is 30.3 Å². The van der Waals surface area contributed by atoms with Crippen LogP contribution in [0.3, 0.4) is 0 Å². The maximum atomic E-state index is 13.2. The van der Waals surface area contributed by atoms with Crippen molar-refractivity contribution < 1.29 is 4.39 Å². The predicted molar refractivity (Wildman–Crippen MR) is 88.2 cm³/mol. The van der Waals surface area contributed by atoms with Gasteiger partial charge in [0, 0.05) is 17.1 Å². The number of thiophene rings is 1. The van der Waals surface area contributed by atoms with Crippen molar-refractivity contribution in [1.29, 1.82) is 0 Å². The van der Waals surface area contributed by atoms with E-state index in [2.05, 4.69) is 28.9 Å². The number of nitrogens with one attached hydrogen (secondary N) is 1. The Morgan fingerprint density at radius 2 is 1.81 bits per heavy atom. The Morgan fingerprint density at radius 3 is 2.57 bits per heavy atom. The lowest BCUT2D eigenvalue weighted by molar-refractivity contribution is 0.618. The number of aryl methyl sites for hydroxylation is 1. The molecule has 0 spiro atoms. The maximum absolute atomic E-state index is 13.2. The van der Waals surface area contributed by atoms with Gasteiger partial charge in [-0.15, -0.1) is 11.3 Å². The summed E-state index contributed by atoms with van der Waals surface area (Å²) in [5, 5.41) is 5.51. The van der Waals surface area contributed by atoms with Gasteiger partial charge in [0.25, 0.3) is 0 Å². The molecule has 0 aliphatic carbocycles. The molecule has 2 aromatic carbocycles. The van der Waals surface area contributed by atoms with Crippen molar-refractivity contribution in [3.05, 3.63) is 76.2 Å². The first-order valence-electron chi connectivity index (χ1n) is 6.85. The molecule has 1 N–H and O–H groups in total. The van der Waals surface area contributed by atoms with E-state index in [1.807, 2.05) is 24.3 Å². The summed E-state index contributed by atoms with van der Waals surface area (Å²) in [5.74, 6) is -0.164. The first-order chi connectivity index (χ1) is 10.2. The molecule has 1 heterocycles. The highest BCUT2D eigenvalue weighted by Gasteiger charge is 2.03. The molecule has 0 saturated heterocycles. The molecule has 1 aromatic heterocycles. The Kier molecular flexibility index (Phi) is 4.02. The van der Waals surface area contributed by atoms with Crippen LogP contribution in [-0.2, 0) is 6.54 Å². The van der Waals surface area contributed by atoms with Gasteiger partial charge in [-0.05, 0) is 53.3 Å². The largest absolute Gasteiger partial charge is 0.380 e. The summed E-state index contributed by atoms with van der Waals surface area (Å²) >= 11 is 1.73. The highest BCUT2D eigenvalue weighted by molar-refractivity contribution is 7.10. The summed E-state index contributed by atoms with van der Waals surface area (Å²) in [4.78, 5) is 1.26. The van der Waals surface area contributed by atoms with Crippen LogP contribution in [0, 0.1) is 12.7 Å². The lowest BCUT2D eigenvalue weighted by atomic mass is 10.1. The van der Waals surface area contributed by atoms with Crippen LogP contribution in [0.1, 0.15) is 10.4 Å². The molecular formula is C18H16FNS. The van der Waals surface area contributed by atoms with E-state index >= 15 is 0 Å². The van der Waals surface area contributed by atoms with Crippen molar-refractivity contribution in [3.8, 4) is 11.1 Å². The van der Waals surface area contributed by atoms with E-state index in [9.17, 15) is 4.39 Å². The second-order valence-electron chi connectivity index (χ2n) is 4.99. The molecule has 3 heteroatoms. The maximum Gasteiger partial charge on any atom is 0.126 e. The van der Waals surface area contributed by atoms with Crippen LogP contribution in [0.25, 0.3) is 11.1 Å². The Hall–Kier alpha value is -2.13. The van der Waals surface area contributed by atoms with Gasteiger partial charge in [-0.25, -0.2) is 4.39 Å². The normalized spacial score (nSPS) is 10.6. The van der Waals surface area contributed by atoms with Crippen LogP contribution < -0.4 is 5.32 Å². The van der Waals surface area contributed by atoms with Crippen molar-refractivity contribution >= 4 is 17.0 Å². The second kappa shape index (κ2) is 6.10. The van der Waals surface area contributed by atoms with Crippen molar-refractivity contribution in [2.24, 2.45) is 0 Å². The van der Waals surface area contributed by atoms with E-state index in [1.54, 1.807) is 24.3 Å². The molecular weight excluding hydrogens is 281 g/mol. The number of rotatable bonds is 4. The number of hydrogen-bond donors (Lipinski definition) is 1. The molecule has 0 fully saturated rings. The molecule has 0 atom stereocenters. The fraction of sp³-hybridized carbons (Fsp3) is 0.111. The number of benzene rings is 2. The minimum absolute atomic E-state index is 0.164. The summed E-state index contributed by atoms with van der Waals surface area (Å²) < 4.78 is 13.2. The van der Waals surface area contributed by atoms with E-state index in [4.69, 9.17) is 0 Å². The Bertz CT molecular complexity index is 734. The third-order valence-electron chi connectivity index (χ3n) is 3.39. The smallest absolute Gasteiger partial charge is 0.126 e. The molecule has 0 amide bonds. The summed E-state index contributed by atoms with van der Waals surface area (Å²) in [5.41, 5.74) is 4.09. The standard InChI is InChI=1S/C18H16FNS/c1-13-9-16(7-8-18(13)19)20-11-17-10-15(12-21-17)14-5-3-2-4-6-14/h2-10,12,20H,11H2,1H3. The van der Waals surface area contributed by atoms with E-state index in [0.717, 1.165) is 12.2 Å². The molecule has 0 aliphatic rings. The van der Waals surface area contributed by atoms with Gasteiger partial charge in [0.2, 0.25) is 0 Å². The van der Waals surface area contributed by atoms with Crippen LogP contribution in [0.4, 0.5) is 10.1 Å². The molecule has 1 nitrogen and oxygen atoms in total. The molecule has 106 valence electrons. The summed E-state index contributed by atoms with van der Waals surface area (Å²) in [6.07, 6.45) is 0. The molecule has 3 rings (SSSR count). The number of anilines is 1. The van der Waals surface area contributed by atoms with E-state index < -0.39 is 0 Å². The lowest BCUT2D eigenvalue weighted by Crippen LogP contribution is -1.98. The third kappa shape index (κ3) is 3.31. The van der Waals surface area contributed by atoms with Gasteiger partial charge in [-0.2, -0.15) is 0 Å². The second-order valence-corrected chi connectivity index (χ2v) is 5.98. The van der Waals surface area contributed by atoms with E-state index in [0.29, 0.717) is 5.56 Å². The lowest BCUT2D eigenvalue weighted by Gasteiger charge is -2.06. The molecule has 21 heavy (non-hydrogen) atoms. The molecule has 0 bridgehead atoms. The van der Waals surface area contributed by atoms with Crippen molar-refractivity contribution in [2.75, 3.05) is 5.32 Å². The zero-order valence-corrected chi connectivity index (χ0v) is 12.6. The van der Waals surface area contributed by atoms with E-state index in [1.165, 1.54) is 22.1 Å². The van der Waals surface area contributed by atoms with Gasteiger partial charge >= 0.3 is 0 Å². The van der Waals surface area contributed by atoms with Crippen molar-refractivity contribution in [1.82, 2.24) is 0 Å². The SMILES string of the molecule is Cc1cc(NCc2cc(-c3ccccc3)cs2)ccc1F. The zero-order valence-electron chi connectivity index (χ0n) is 11.8. The molecule has 0 aliphatic heterocycles. The van der Waals surface area contributed by atoms with Crippen LogP contribution in [0.2, 0.25) is 0 Å². The quantitative estimate of drug-likeness (QED) is 0.673. The fourth-order valence-electron chi connectivity index (χ4n) is 2.20. The minimum Gasteiger partial charge on any atom is -0.380 e. The fourth-order valence-corrected chi connectivity index (χ4v) is 3.03. The van der Waals surface area contributed by atoms with Gasteiger partial charge in [-0.3, -0.25) is 0 Å². The Balaban J connectivity index is 1.69. The minimum atomic E-state index is -0.164. The van der Waals surface area contributed by atoms with Gasteiger partial charge in [0.1, 0.15) is 5.82 Å². The van der Waals surface area contributed by atoms with Gasteiger partial charge in [0.05, 0.1) is 0 Å². The zero-order chi connectivity index (χ0) is 14.7.